The van der Waals surface area contributed by atoms with Crippen LogP contribution in [-0.2, 0) is 11.2 Å². The van der Waals surface area contributed by atoms with Crippen molar-refractivity contribution in [2.24, 2.45) is 0 Å². The number of methoxy groups -OCH3 is 1. The minimum atomic E-state index is -0.0469. The molecule has 5 heteroatoms. The van der Waals surface area contributed by atoms with E-state index in [1.54, 1.807) is 42.3 Å². The number of carbonyl (C=O) groups excluding carboxylic acids is 2. The molecule has 2 aromatic carbocycles. The summed E-state index contributed by atoms with van der Waals surface area (Å²) in [7, 11) is 1.56. The van der Waals surface area contributed by atoms with Crippen LogP contribution in [0.1, 0.15) is 22.3 Å². The number of ketones is 1. The number of amides is 1. The summed E-state index contributed by atoms with van der Waals surface area (Å²) in [5.41, 5.74) is 2.09. The van der Waals surface area contributed by atoms with Crippen LogP contribution in [0.2, 0.25) is 5.02 Å². The van der Waals surface area contributed by atoms with Gasteiger partial charge in [0.2, 0.25) is 5.91 Å². The molecule has 1 amide bonds. The van der Waals surface area contributed by atoms with Gasteiger partial charge in [-0.2, -0.15) is 0 Å². The van der Waals surface area contributed by atoms with Crippen LogP contribution < -0.4 is 9.64 Å². The SMILES string of the molecule is COc1ccc2c(c1)N(C(=O)Cc1ccc(Cl)cc1)CCC2=O. The average Bonchev–Trinajstić information content (AvgIpc) is 2.56. The summed E-state index contributed by atoms with van der Waals surface area (Å²) < 4.78 is 5.21. The van der Waals surface area contributed by atoms with Gasteiger partial charge in [-0.1, -0.05) is 23.7 Å². The largest absolute Gasteiger partial charge is 0.497 e. The number of benzene rings is 2. The highest BCUT2D eigenvalue weighted by Crippen LogP contribution is 2.31. The Morgan fingerprint density at radius 2 is 1.96 bits per heavy atom. The molecule has 2 aromatic rings. The van der Waals surface area contributed by atoms with Gasteiger partial charge in [-0.25, -0.2) is 0 Å². The molecule has 0 unspecified atom stereocenters. The maximum absolute atomic E-state index is 12.7. The maximum atomic E-state index is 12.7. The molecule has 0 saturated carbocycles. The molecule has 0 fully saturated rings. The third kappa shape index (κ3) is 3.22. The van der Waals surface area contributed by atoms with Crippen LogP contribution in [0.15, 0.2) is 42.5 Å². The molecule has 0 N–H and O–H groups in total. The number of hydrogen-bond acceptors (Lipinski definition) is 3. The van der Waals surface area contributed by atoms with E-state index in [9.17, 15) is 9.59 Å². The molecule has 3 rings (SSSR count). The zero-order valence-corrected chi connectivity index (χ0v) is 13.5. The van der Waals surface area contributed by atoms with E-state index < -0.39 is 0 Å². The second kappa shape index (κ2) is 6.42. The zero-order chi connectivity index (χ0) is 16.4. The molecule has 4 nitrogen and oxygen atoms in total. The summed E-state index contributed by atoms with van der Waals surface area (Å²) in [6, 6.07) is 12.4. The standard InChI is InChI=1S/C18H16ClNO3/c1-23-14-6-7-15-16(11-14)20(9-8-17(15)21)18(22)10-12-2-4-13(19)5-3-12/h2-7,11H,8-10H2,1H3. The number of Topliss-reactive ketones (excluding diaryl/α,β-unsaturated/α-hetero) is 1. The molecule has 1 aliphatic heterocycles. The summed E-state index contributed by atoms with van der Waals surface area (Å²) in [6.45, 7) is 0.394. The van der Waals surface area contributed by atoms with Gasteiger partial charge in [0.15, 0.2) is 5.78 Å². The van der Waals surface area contributed by atoms with Crippen molar-refractivity contribution in [3.05, 3.63) is 58.6 Å². The van der Waals surface area contributed by atoms with Crippen LogP contribution in [0.3, 0.4) is 0 Å². The Morgan fingerprint density at radius 3 is 2.65 bits per heavy atom. The molecule has 0 saturated heterocycles. The smallest absolute Gasteiger partial charge is 0.231 e. The number of carbonyl (C=O) groups is 2. The summed E-state index contributed by atoms with van der Waals surface area (Å²) in [4.78, 5) is 26.4. The Balaban J connectivity index is 1.88. The van der Waals surface area contributed by atoms with Gasteiger partial charge >= 0.3 is 0 Å². The van der Waals surface area contributed by atoms with Crippen LogP contribution in [0, 0.1) is 0 Å². The van der Waals surface area contributed by atoms with E-state index in [4.69, 9.17) is 16.3 Å². The average molecular weight is 330 g/mol. The van der Waals surface area contributed by atoms with Gasteiger partial charge in [0.05, 0.1) is 19.2 Å². The molecule has 118 valence electrons. The number of fused-ring (bicyclic) bond motifs is 1. The summed E-state index contributed by atoms with van der Waals surface area (Å²) in [6.07, 6.45) is 0.605. The Kier molecular flexibility index (Phi) is 4.35. The van der Waals surface area contributed by atoms with Crippen LogP contribution in [-0.4, -0.2) is 25.3 Å². The number of halogens is 1. The monoisotopic (exact) mass is 329 g/mol. The first-order chi connectivity index (χ1) is 11.1. The molecule has 0 radical (unpaired) electrons. The molecule has 1 aliphatic rings. The Hall–Kier alpha value is -2.33. The minimum Gasteiger partial charge on any atom is -0.497 e. The van der Waals surface area contributed by atoms with Crippen LogP contribution in [0.5, 0.6) is 5.75 Å². The van der Waals surface area contributed by atoms with Gasteiger partial charge in [-0.05, 0) is 29.8 Å². The van der Waals surface area contributed by atoms with Crippen molar-refractivity contribution < 1.29 is 14.3 Å². The molecule has 0 aromatic heterocycles. The van der Waals surface area contributed by atoms with Crippen molar-refractivity contribution >= 4 is 29.0 Å². The molecule has 0 aliphatic carbocycles. The predicted molar refractivity (Wildman–Crippen MR) is 89.5 cm³/mol. The van der Waals surface area contributed by atoms with E-state index in [-0.39, 0.29) is 18.1 Å². The molecule has 0 spiro atoms. The molecular weight excluding hydrogens is 314 g/mol. The zero-order valence-electron chi connectivity index (χ0n) is 12.7. The highest BCUT2D eigenvalue weighted by atomic mass is 35.5. The van der Waals surface area contributed by atoms with Crippen LogP contribution >= 0.6 is 11.6 Å². The fraction of sp³-hybridized carbons (Fsp3) is 0.222. The summed E-state index contributed by atoms with van der Waals surface area (Å²) in [5.74, 6) is 0.635. The van der Waals surface area contributed by atoms with E-state index in [0.29, 0.717) is 35.0 Å². The predicted octanol–water partition coefficient (Wildman–Crippen LogP) is 3.51. The summed E-state index contributed by atoms with van der Waals surface area (Å²) in [5, 5.41) is 0.639. The van der Waals surface area contributed by atoms with Crippen LogP contribution in [0.4, 0.5) is 5.69 Å². The Morgan fingerprint density at radius 1 is 1.22 bits per heavy atom. The number of hydrogen-bond donors (Lipinski definition) is 0. The van der Waals surface area contributed by atoms with Gasteiger partial charge in [0, 0.05) is 29.6 Å². The van der Waals surface area contributed by atoms with Gasteiger partial charge < -0.3 is 9.64 Å². The lowest BCUT2D eigenvalue weighted by molar-refractivity contribution is -0.118. The first kappa shape index (κ1) is 15.6. The quantitative estimate of drug-likeness (QED) is 0.865. The lowest BCUT2D eigenvalue weighted by atomic mass is 9.99. The van der Waals surface area contributed by atoms with E-state index >= 15 is 0 Å². The van der Waals surface area contributed by atoms with Crippen LogP contribution in [0.25, 0.3) is 0 Å². The third-order valence-corrected chi connectivity index (χ3v) is 4.18. The van der Waals surface area contributed by atoms with E-state index in [1.165, 1.54) is 0 Å². The van der Waals surface area contributed by atoms with E-state index in [2.05, 4.69) is 0 Å². The number of anilines is 1. The molecule has 0 bridgehead atoms. The lowest BCUT2D eigenvalue weighted by Gasteiger charge is -2.29. The third-order valence-electron chi connectivity index (χ3n) is 3.93. The van der Waals surface area contributed by atoms with Crippen molar-refractivity contribution in [3.8, 4) is 5.75 Å². The van der Waals surface area contributed by atoms with E-state index in [1.807, 2.05) is 12.1 Å². The van der Waals surface area contributed by atoms with Crippen molar-refractivity contribution in [2.75, 3.05) is 18.6 Å². The van der Waals surface area contributed by atoms with Crippen molar-refractivity contribution in [1.82, 2.24) is 0 Å². The highest BCUT2D eigenvalue weighted by molar-refractivity contribution is 6.30. The lowest BCUT2D eigenvalue weighted by Crippen LogP contribution is -2.38. The van der Waals surface area contributed by atoms with Gasteiger partial charge in [0.1, 0.15) is 5.75 Å². The number of ether oxygens (including phenoxy) is 1. The fourth-order valence-corrected chi connectivity index (χ4v) is 2.82. The maximum Gasteiger partial charge on any atom is 0.231 e. The first-order valence-electron chi connectivity index (χ1n) is 7.34. The summed E-state index contributed by atoms with van der Waals surface area (Å²) >= 11 is 5.87. The number of nitrogens with zero attached hydrogens (tertiary/aromatic N) is 1. The molecule has 1 heterocycles. The van der Waals surface area contributed by atoms with Gasteiger partial charge in [0.25, 0.3) is 0 Å². The molecular formula is C18H16ClNO3. The highest BCUT2D eigenvalue weighted by Gasteiger charge is 2.27. The normalized spacial score (nSPS) is 13.7. The number of rotatable bonds is 3. The first-order valence-corrected chi connectivity index (χ1v) is 7.72. The van der Waals surface area contributed by atoms with Crippen molar-refractivity contribution in [2.45, 2.75) is 12.8 Å². The van der Waals surface area contributed by atoms with Crippen molar-refractivity contribution in [3.63, 3.8) is 0 Å². The van der Waals surface area contributed by atoms with Crippen molar-refractivity contribution in [1.29, 1.82) is 0 Å². The second-order valence-corrected chi connectivity index (χ2v) is 5.84. The fourth-order valence-electron chi connectivity index (χ4n) is 2.70. The minimum absolute atomic E-state index is 0.0469. The van der Waals surface area contributed by atoms with Gasteiger partial charge in [-0.15, -0.1) is 0 Å². The topological polar surface area (TPSA) is 46.6 Å². The van der Waals surface area contributed by atoms with Gasteiger partial charge in [-0.3, -0.25) is 9.59 Å². The van der Waals surface area contributed by atoms with E-state index in [0.717, 1.165) is 5.56 Å². The molecule has 23 heavy (non-hydrogen) atoms. The Bertz CT molecular complexity index is 755. The Labute approximate surface area is 139 Å². The second-order valence-electron chi connectivity index (χ2n) is 5.40. The molecule has 0 atom stereocenters.